The van der Waals surface area contributed by atoms with E-state index in [4.69, 9.17) is 5.73 Å². The number of thiophene rings is 1. The van der Waals surface area contributed by atoms with Crippen molar-refractivity contribution in [2.24, 2.45) is 5.73 Å². The normalized spacial score (nSPS) is 12.4. The number of hydrogen-bond acceptors (Lipinski definition) is 5. The Hall–Kier alpha value is -1.24. The van der Waals surface area contributed by atoms with E-state index in [1.54, 1.807) is 16.7 Å². The number of aromatic nitrogens is 1. The summed E-state index contributed by atoms with van der Waals surface area (Å²) in [6, 6.07) is 3.98. The van der Waals surface area contributed by atoms with Gasteiger partial charge < -0.3 is 11.1 Å². The number of carbonyl (C=O) groups excluding carboxylic acids is 1. The lowest BCUT2D eigenvalue weighted by Crippen LogP contribution is -2.26. The van der Waals surface area contributed by atoms with Crippen LogP contribution in [-0.4, -0.2) is 10.9 Å². The first-order valence-electron chi connectivity index (χ1n) is 5.19. The standard InChI is InChI=1S/C11H13N3OS2/c1-7(9-3-2-4-16-9)13-11(15)8-6-17-10(5-12)14-8/h2-4,6-7H,5,12H2,1H3,(H,13,15)/t7-/m1/s1. The molecule has 17 heavy (non-hydrogen) atoms. The van der Waals surface area contributed by atoms with E-state index in [9.17, 15) is 4.79 Å². The molecule has 4 nitrogen and oxygen atoms in total. The minimum Gasteiger partial charge on any atom is -0.343 e. The van der Waals surface area contributed by atoms with Crippen LogP contribution in [0, 0.1) is 0 Å². The van der Waals surface area contributed by atoms with Gasteiger partial charge in [-0.2, -0.15) is 0 Å². The Kier molecular flexibility index (Phi) is 3.88. The van der Waals surface area contributed by atoms with Crippen LogP contribution in [0.5, 0.6) is 0 Å². The van der Waals surface area contributed by atoms with Gasteiger partial charge in [-0.15, -0.1) is 22.7 Å². The number of rotatable bonds is 4. The smallest absolute Gasteiger partial charge is 0.271 e. The van der Waals surface area contributed by atoms with E-state index in [0.717, 1.165) is 9.88 Å². The fourth-order valence-corrected chi connectivity index (χ4v) is 2.78. The van der Waals surface area contributed by atoms with E-state index in [0.29, 0.717) is 12.2 Å². The van der Waals surface area contributed by atoms with Gasteiger partial charge in [-0.1, -0.05) is 6.07 Å². The quantitative estimate of drug-likeness (QED) is 0.892. The van der Waals surface area contributed by atoms with Gasteiger partial charge in [0.05, 0.1) is 6.04 Å². The highest BCUT2D eigenvalue weighted by Gasteiger charge is 2.14. The summed E-state index contributed by atoms with van der Waals surface area (Å²) in [5.41, 5.74) is 5.90. The average Bonchev–Trinajstić information content (AvgIpc) is 3.00. The molecule has 3 N–H and O–H groups in total. The fraction of sp³-hybridized carbons (Fsp3) is 0.273. The average molecular weight is 267 g/mol. The molecule has 1 atom stereocenters. The van der Waals surface area contributed by atoms with Crippen molar-refractivity contribution >= 4 is 28.6 Å². The van der Waals surface area contributed by atoms with Crippen molar-refractivity contribution in [3.8, 4) is 0 Å². The molecule has 1 amide bonds. The zero-order valence-electron chi connectivity index (χ0n) is 9.34. The Balaban J connectivity index is 2.01. The second kappa shape index (κ2) is 5.39. The SMILES string of the molecule is C[C@@H](NC(=O)c1csc(CN)n1)c1cccs1. The van der Waals surface area contributed by atoms with Gasteiger partial charge in [-0.05, 0) is 18.4 Å². The van der Waals surface area contributed by atoms with Gasteiger partial charge in [0.1, 0.15) is 10.7 Å². The molecule has 0 saturated carbocycles. The van der Waals surface area contributed by atoms with Gasteiger partial charge in [0.2, 0.25) is 0 Å². The highest BCUT2D eigenvalue weighted by molar-refractivity contribution is 7.10. The molecule has 2 rings (SSSR count). The molecule has 2 aromatic heterocycles. The maximum atomic E-state index is 11.9. The van der Waals surface area contributed by atoms with E-state index in [1.165, 1.54) is 11.3 Å². The summed E-state index contributed by atoms with van der Waals surface area (Å²) >= 11 is 3.03. The molecule has 0 aliphatic carbocycles. The topological polar surface area (TPSA) is 68.0 Å². The van der Waals surface area contributed by atoms with E-state index < -0.39 is 0 Å². The maximum absolute atomic E-state index is 11.9. The van der Waals surface area contributed by atoms with Crippen LogP contribution in [-0.2, 0) is 6.54 Å². The third-order valence-electron chi connectivity index (χ3n) is 2.28. The molecule has 2 heterocycles. The van der Waals surface area contributed by atoms with Crippen LogP contribution in [0.15, 0.2) is 22.9 Å². The Labute approximate surface area is 107 Å². The van der Waals surface area contributed by atoms with Crippen LogP contribution < -0.4 is 11.1 Å². The molecule has 6 heteroatoms. The molecule has 0 radical (unpaired) electrons. The van der Waals surface area contributed by atoms with Crippen molar-refractivity contribution in [3.63, 3.8) is 0 Å². The summed E-state index contributed by atoms with van der Waals surface area (Å²) in [7, 11) is 0. The summed E-state index contributed by atoms with van der Waals surface area (Å²) in [4.78, 5) is 17.2. The zero-order valence-corrected chi connectivity index (χ0v) is 11.0. The highest BCUT2D eigenvalue weighted by Crippen LogP contribution is 2.19. The van der Waals surface area contributed by atoms with E-state index >= 15 is 0 Å². The van der Waals surface area contributed by atoms with Crippen molar-refractivity contribution in [3.05, 3.63) is 38.5 Å². The number of thiazole rings is 1. The van der Waals surface area contributed by atoms with E-state index in [1.807, 2.05) is 24.4 Å². The summed E-state index contributed by atoms with van der Waals surface area (Å²) in [5, 5.41) is 7.42. The number of nitrogens with one attached hydrogen (secondary N) is 1. The number of amides is 1. The summed E-state index contributed by atoms with van der Waals surface area (Å²) in [6.07, 6.45) is 0. The third kappa shape index (κ3) is 2.91. The molecule has 0 aromatic carbocycles. The van der Waals surface area contributed by atoms with Crippen LogP contribution in [0.3, 0.4) is 0 Å². The molecule has 0 bridgehead atoms. The van der Waals surface area contributed by atoms with Crippen molar-refractivity contribution < 1.29 is 4.79 Å². The van der Waals surface area contributed by atoms with Crippen LogP contribution in [0.1, 0.15) is 33.3 Å². The molecule has 0 unspecified atom stereocenters. The molecular formula is C11H13N3OS2. The van der Waals surface area contributed by atoms with Gasteiger partial charge in [-0.3, -0.25) is 4.79 Å². The van der Waals surface area contributed by atoms with Gasteiger partial charge in [0, 0.05) is 16.8 Å². The maximum Gasteiger partial charge on any atom is 0.271 e. The van der Waals surface area contributed by atoms with Gasteiger partial charge in [-0.25, -0.2) is 4.98 Å². The number of carbonyl (C=O) groups is 1. The summed E-state index contributed by atoms with van der Waals surface area (Å²) in [6.45, 7) is 2.33. The second-order valence-electron chi connectivity index (χ2n) is 3.54. The molecule has 0 fully saturated rings. The van der Waals surface area contributed by atoms with Crippen molar-refractivity contribution in [2.45, 2.75) is 19.5 Å². The third-order valence-corrected chi connectivity index (χ3v) is 4.20. The van der Waals surface area contributed by atoms with Crippen LogP contribution in [0.2, 0.25) is 0 Å². The van der Waals surface area contributed by atoms with E-state index in [-0.39, 0.29) is 11.9 Å². The summed E-state index contributed by atoms with van der Waals surface area (Å²) in [5.74, 6) is -0.151. The van der Waals surface area contributed by atoms with E-state index in [2.05, 4.69) is 10.3 Å². The molecule has 2 aromatic rings. The Morgan fingerprint density at radius 3 is 3.00 bits per heavy atom. The Bertz CT molecular complexity index is 493. The Morgan fingerprint density at radius 1 is 1.59 bits per heavy atom. The Morgan fingerprint density at radius 2 is 2.41 bits per heavy atom. The lowest BCUT2D eigenvalue weighted by molar-refractivity contribution is 0.0936. The van der Waals surface area contributed by atoms with Crippen molar-refractivity contribution in [1.29, 1.82) is 0 Å². The predicted octanol–water partition coefficient (Wildman–Crippen LogP) is 2.15. The number of nitrogens with two attached hydrogens (primary N) is 1. The first kappa shape index (κ1) is 12.2. The predicted molar refractivity (Wildman–Crippen MR) is 70.2 cm³/mol. The van der Waals surface area contributed by atoms with Gasteiger partial charge in [0.15, 0.2) is 0 Å². The fourth-order valence-electron chi connectivity index (χ4n) is 1.39. The summed E-state index contributed by atoms with van der Waals surface area (Å²) < 4.78 is 0. The second-order valence-corrected chi connectivity index (χ2v) is 5.46. The molecule has 0 saturated heterocycles. The molecule has 0 aliphatic heterocycles. The van der Waals surface area contributed by atoms with Crippen LogP contribution in [0.4, 0.5) is 0 Å². The molecule has 90 valence electrons. The van der Waals surface area contributed by atoms with Crippen LogP contribution >= 0.6 is 22.7 Å². The minimum atomic E-state index is -0.151. The van der Waals surface area contributed by atoms with Gasteiger partial charge >= 0.3 is 0 Å². The first-order chi connectivity index (χ1) is 8.20. The zero-order chi connectivity index (χ0) is 12.3. The number of hydrogen-bond donors (Lipinski definition) is 2. The monoisotopic (exact) mass is 267 g/mol. The lowest BCUT2D eigenvalue weighted by Gasteiger charge is -2.10. The van der Waals surface area contributed by atoms with Gasteiger partial charge in [0.25, 0.3) is 5.91 Å². The molecule has 0 aliphatic rings. The molecule has 0 spiro atoms. The highest BCUT2D eigenvalue weighted by atomic mass is 32.1. The molecular weight excluding hydrogens is 254 g/mol. The van der Waals surface area contributed by atoms with Crippen molar-refractivity contribution in [1.82, 2.24) is 10.3 Å². The number of nitrogens with zero attached hydrogens (tertiary/aromatic N) is 1. The van der Waals surface area contributed by atoms with Crippen molar-refractivity contribution in [2.75, 3.05) is 0 Å². The first-order valence-corrected chi connectivity index (χ1v) is 6.95. The van der Waals surface area contributed by atoms with Crippen LogP contribution in [0.25, 0.3) is 0 Å². The lowest BCUT2D eigenvalue weighted by atomic mass is 10.2. The minimum absolute atomic E-state index is 0.00512. The largest absolute Gasteiger partial charge is 0.343 e.